The van der Waals surface area contributed by atoms with Gasteiger partial charge in [0, 0.05) is 12.0 Å². The Morgan fingerprint density at radius 2 is 1.80 bits per heavy atom. The smallest absolute Gasteiger partial charge is 0.325 e. The van der Waals surface area contributed by atoms with Crippen LogP contribution in [0.2, 0.25) is 0 Å². The van der Waals surface area contributed by atoms with Crippen LogP contribution in [0.3, 0.4) is 0 Å². The van der Waals surface area contributed by atoms with Crippen LogP contribution in [-0.2, 0) is 19.1 Å². The van der Waals surface area contributed by atoms with Gasteiger partial charge in [-0.15, -0.1) is 0 Å². The van der Waals surface area contributed by atoms with Crippen molar-refractivity contribution >= 4 is 17.8 Å². The molecule has 0 aromatic carbocycles. The molecule has 6 nitrogen and oxygen atoms in total. The molecule has 6 heteroatoms. The van der Waals surface area contributed by atoms with Gasteiger partial charge < -0.3 is 15.0 Å². The Morgan fingerprint density at radius 1 is 1.25 bits per heavy atom. The lowest BCUT2D eigenvalue weighted by Gasteiger charge is -2.27. The Balaban J connectivity index is 4.72. The molecule has 0 aromatic heterocycles. The molecule has 1 N–H and O–H groups in total. The van der Waals surface area contributed by atoms with E-state index < -0.39 is 17.4 Å². The molecule has 0 radical (unpaired) electrons. The van der Waals surface area contributed by atoms with Gasteiger partial charge in [0.1, 0.15) is 12.6 Å². The number of methoxy groups -OCH3 is 1. The number of esters is 1. The first kappa shape index (κ1) is 18.4. The van der Waals surface area contributed by atoms with Crippen LogP contribution < -0.4 is 5.32 Å². The van der Waals surface area contributed by atoms with Crippen LogP contribution >= 0.6 is 0 Å². The first-order chi connectivity index (χ1) is 9.13. The fourth-order valence-electron chi connectivity index (χ4n) is 1.51. The highest BCUT2D eigenvalue weighted by atomic mass is 16.5. The van der Waals surface area contributed by atoms with E-state index in [0.29, 0.717) is 6.54 Å². The zero-order chi connectivity index (χ0) is 15.9. The molecule has 0 aliphatic heterocycles. The molecule has 0 saturated carbocycles. The minimum Gasteiger partial charge on any atom is -0.468 e. The zero-order valence-corrected chi connectivity index (χ0v) is 13.3. The van der Waals surface area contributed by atoms with Crippen molar-refractivity contribution in [2.45, 2.75) is 47.1 Å². The van der Waals surface area contributed by atoms with Crippen molar-refractivity contribution in [3.8, 4) is 0 Å². The summed E-state index contributed by atoms with van der Waals surface area (Å²) in [6.45, 7) is 9.21. The average Bonchev–Trinajstić information content (AvgIpc) is 2.35. The molecule has 2 amide bonds. The highest BCUT2D eigenvalue weighted by Crippen LogP contribution is 2.13. The maximum absolute atomic E-state index is 12.3. The van der Waals surface area contributed by atoms with Crippen molar-refractivity contribution in [2.24, 2.45) is 5.41 Å². The molecular weight excluding hydrogens is 260 g/mol. The number of amides is 2. The second kappa shape index (κ2) is 7.87. The van der Waals surface area contributed by atoms with Crippen LogP contribution in [-0.4, -0.2) is 48.9 Å². The third kappa shape index (κ3) is 6.04. The molecule has 0 bridgehead atoms. The van der Waals surface area contributed by atoms with Crippen LogP contribution in [0.5, 0.6) is 0 Å². The number of rotatable bonds is 6. The van der Waals surface area contributed by atoms with Gasteiger partial charge >= 0.3 is 5.97 Å². The summed E-state index contributed by atoms with van der Waals surface area (Å²) in [6, 6.07) is -0.669. The molecule has 0 heterocycles. The predicted octanol–water partition coefficient (Wildman–Crippen LogP) is 0.949. The van der Waals surface area contributed by atoms with Gasteiger partial charge in [0.15, 0.2) is 0 Å². The van der Waals surface area contributed by atoms with Crippen molar-refractivity contribution in [1.82, 2.24) is 10.2 Å². The van der Waals surface area contributed by atoms with E-state index in [4.69, 9.17) is 0 Å². The van der Waals surface area contributed by atoms with Crippen LogP contribution in [0.1, 0.15) is 41.0 Å². The molecule has 0 aliphatic rings. The van der Waals surface area contributed by atoms with Crippen molar-refractivity contribution in [3.05, 3.63) is 0 Å². The fraction of sp³-hybridized carbons (Fsp3) is 0.786. The molecule has 0 saturated heterocycles. The number of nitrogens with one attached hydrogen (secondary N) is 1. The van der Waals surface area contributed by atoms with E-state index >= 15 is 0 Å². The molecule has 1 unspecified atom stereocenters. The Morgan fingerprint density at radius 3 is 2.20 bits per heavy atom. The number of carbonyl (C=O) groups excluding carboxylic acids is 3. The Hall–Kier alpha value is -1.59. The normalized spacial score (nSPS) is 12.5. The molecule has 0 rings (SSSR count). The van der Waals surface area contributed by atoms with Crippen LogP contribution in [0, 0.1) is 5.41 Å². The maximum atomic E-state index is 12.3. The number of hydrogen-bond donors (Lipinski definition) is 1. The topological polar surface area (TPSA) is 75.7 Å². The maximum Gasteiger partial charge on any atom is 0.325 e. The lowest BCUT2D eigenvalue weighted by Crippen LogP contribution is -2.51. The summed E-state index contributed by atoms with van der Waals surface area (Å²) in [5, 5.41) is 2.67. The second-order valence-corrected chi connectivity index (χ2v) is 5.78. The van der Waals surface area contributed by atoms with Gasteiger partial charge in [0.25, 0.3) is 0 Å². The average molecular weight is 286 g/mol. The lowest BCUT2D eigenvalue weighted by molar-refractivity contribution is -0.148. The van der Waals surface area contributed by atoms with Gasteiger partial charge in [-0.2, -0.15) is 0 Å². The summed E-state index contributed by atoms with van der Waals surface area (Å²) in [5.74, 6) is -0.955. The molecule has 0 aromatic rings. The second-order valence-electron chi connectivity index (χ2n) is 5.78. The van der Waals surface area contributed by atoms with E-state index in [1.54, 1.807) is 27.7 Å². The Kier molecular flexibility index (Phi) is 7.24. The number of ether oxygens (including phenoxy) is 1. The van der Waals surface area contributed by atoms with Crippen LogP contribution in [0.25, 0.3) is 0 Å². The Bertz CT molecular complexity index is 361. The van der Waals surface area contributed by atoms with Gasteiger partial charge in [0.05, 0.1) is 7.11 Å². The van der Waals surface area contributed by atoms with Gasteiger partial charge in [-0.3, -0.25) is 14.4 Å². The largest absolute Gasteiger partial charge is 0.468 e. The fourth-order valence-corrected chi connectivity index (χ4v) is 1.51. The molecular formula is C14H26N2O4. The first-order valence-corrected chi connectivity index (χ1v) is 6.80. The highest BCUT2D eigenvalue weighted by molar-refractivity contribution is 5.90. The lowest BCUT2D eigenvalue weighted by atomic mass is 9.95. The summed E-state index contributed by atoms with van der Waals surface area (Å²) in [5.41, 5.74) is -0.563. The first-order valence-electron chi connectivity index (χ1n) is 6.80. The van der Waals surface area contributed by atoms with E-state index in [1.165, 1.54) is 12.0 Å². The molecule has 0 aliphatic carbocycles. The van der Waals surface area contributed by atoms with E-state index in [0.717, 1.165) is 6.42 Å². The third-order valence-electron chi connectivity index (χ3n) is 2.75. The number of carbonyl (C=O) groups is 3. The number of hydrogen-bond acceptors (Lipinski definition) is 4. The van der Waals surface area contributed by atoms with E-state index in [9.17, 15) is 14.4 Å². The van der Waals surface area contributed by atoms with Gasteiger partial charge in [-0.05, 0) is 13.3 Å². The summed E-state index contributed by atoms with van der Waals surface area (Å²) in [4.78, 5) is 36.8. The van der Waals surface area contributed by atoms with Gasteiger partial charge in [-0.25, -0.2) is 0 Å². The molecule has 116 valence electrons. The minimum atomic E-state index is -0.669. The summed E-state index contributed by atoms with van der Waals surface area (Å²) >= 11 is 0. The van der Waals surface area contributed by atoms with E-state index in [-0.39, 0.29) is 18.4 Å². The van der Waals surface area contributed by atoms with Crippen molar-refractivity contribution in [1.29, 1.82) is 0 Å². The molecule has 0 fully saturated rings. The van der Waals surface area contributed by atoms with Crippen LogP contribution in [0.4, 0.5) is 0 Å². The van der Waals surface area contributed by atoms with E-state index in [1.807, 2.05) is 6.92 Å². The van der Waals surface area contributed by atoms with Gasteiger partial charge in [0.2, 0.25) is 11.8 Å². The quantitative estimate of drug-likeness (QED) is 0.738. The molecule has 20 heavy (non-hydrogen) atoms. The number of nitrogens with zero attached hydrogens (tertiary/aromatic N) is 1. The minimum absolute atomic E-state index is 0.0983. The predicted molar refractivity (Wildman–Crippen MR) is 75.9 cm³/mol. The van der Waals surface area contributed by atoms with Gasteiger partial charge in [-0.1, -0.05) is 27.7 Å². The van der Waals surface area contributed by atoms with E-state index in [2.05, 4.69) is 10.1 Å². The molecule has 1 atom stereocenters. The summed E-state index contributed by atoms with van der Waals surface area (Å²) in [7, 11) is 1.28. The third-order valence-corrected chi connectivity index (χ3v) is 2.75. The van der Waals surface area contributed by atoms with Crippen LogP contribution in [0.15, 0.2) is 0 Å². The molecule has 0 spiro atoms. The standard InChI is InChI=1S/C14H26N2O4/c1-7-8-16(9-11(17)20-6)12(18)10(2)15-13(19)14(3,4)5/h10H,7-9H2,1-6H3,(H,15,19). The monoisotopic (exact) mass is 286 g/mol. The van der Waals surface area contributed by atoms with Crippen molar-refractivity contribution in [3.63, 3.8) is 0 Å². The van der Waals surface area contributed by atoms with Crippen molar-refractivity contribution in [2.75, 3.05) is 20.2 Å². The van der Waals surface area contributed by atoms with Crippen molar-refractivity contribution < 1.29 is 19.1 Å². The summed E-state index contributed by atoms with van der Waals surface area (Å²) in [6.07, 6.45) is 0.725. The summed E-state index contributed by atoms with van der Waals surface area (Å²) < 4.78 is 4.57. The zero-order valence-electron chi connectivity index (χ0n) is 13.3. The Labute approximate surface area is 120 Å². The highest BCUT2D eigenvalue weighted by Gasteiger charge is 2.28. The SMILES string of the molecule is CCCN(CC(=O)OC)C(=O)C(C)NC(=O)C(C)(C)C.